The fraction of sp³-hybridized carbons (Fsp3) is 0.333. The zero-order valence-corrected chi connectivity index (χ0v) is 16.4. The van der Waals surface area contributed by atoms with Crippen molar-refractivity contribution in [3.63, 3.8) is 0 Å². The van der Waals surface area contributed by atoms with Gasteiger partial charge in [-0.15, -0.1) is 0 Å². The van der Waals surface area contributed by atoms with Crippen molar-refractivity contribution < 1.29 is 23.4 Å². The number of benzene rings is 2. The van der Waals surface area contributed by atoms with Crippen LogP contribution in [0.1, 0.15) is 23.2 Å². The first-order valence-corrected chi connectivity index (χ1v) is 10.4. The molecule has 1 atom stereocenters. The first kappa shape index (κ1) is 18.3. The maximum absolute atomic E-state index is 13.6. The Kier molecular flexibility index (Phi) is 4.81. The molecule has 0 saturated carbocycles. The highest BCUT2D eigenvalue weighted by Crippen LogP contribution is 2.34. The van der Waals surface area contributed by atoms with E-state index >= 15 is 0 Å². The van der Waals surface area contributed by atoms with Gasteiger partial charge in [-0.05, 0) is 49.2 Å². The summed E-state index contributed by atoms with van der Waals surface area (Å²) in [6, 6.07) is 9.62. The predicted octanol–water partition coefficient (Wildman–Crippen LogP) is 4.03. The van der Waals surface area contributed by atoms with Crippen LogP contribution < -0.4 is 14.4 Å². The number of rotatable bonds is 4. The summed E-state index contributed by atoms with van der Waals surface area (Å²) in [4.78, 5) is 19.6. The van der Waals surface area contributed by atoms with Crippen molar-refractivity contribution in [1.29, 1.82) is 0 Å². The Bertz CT molecular complexity index is 1060. The van der Waals surface area contributed by atoms with Gasteiger partial charge in [-0.3, -0.25) is 9.69 Å². The number of hydrogen-bond donors (Lipinski definition) is 0. The van der Waals surface area contributed by atoms with Crippen molar-refractivity contribution in [1.82, 2.24) is 4.98 Å². The van der Waals surface area contributed by atoms with Crippen molar-refractivity contribution >= 4 is 32.6 Å². The molecular weight excluding hydrogens is 395 g/mol. The van der Waals surface area contributed by atoms with Crippen LogP contribution in [0.2, 0.25) is 0 Å². The summed E-state index contributed by atoms with van der Waals surface area (Å²) in [6.45, 7) is 2.04. The molecule has 5 rings (SSSR count). The molecule has 1 saturated heterocycles. The molecule has 0 bridgehead atoms. The smallest absolute Gasteiger partial charge is 0.260 e. The minimum absolute atomic E-state index is 0.0418. The molecule has 2 aliphatic heterocycles. The summed E-state index contributed by atoms with van der Waals surface area (Å²) in [6.07, 6.45) is 1.83. The molecule has 3 heterocycles. The molecule has 6 nitrogen and oxygen atoms in total. The van der Waals surface area contributed by atoms with Crippen molar-refractivity contribution in [3.05, 3.63) is 47.8 Å². The number of carbonyl (C=O) groups is 1. The summed E-state index contributed by atoms with van der Waals surface area (Å²) in [5.41, 5.74) is 1.15. The Morgan fingerprint density at radius 1 is 1.14 bits per heavy atom. The topological polar surface area (TPSA) is 60.9 Å². The van der Waals surface area contributed by atoms with E-state index in [1.807, 2.05) is 0 Å². The largest absolute Gasteiger partial charge is 0.486 e. The molecule has 150 valence electrons. The number of nitrogens with zero attached hydrogens (tertiary/aromatic N) is 2. The zero-order chi connectivity index (χ0) is 19.8. The van der Waals surface area contributed by atoms with E-state index in [0.717, 1.165) is 12.8 Å². The van der Waals surface area contributed by atoms with E-state index in [9.17, 15) is 9.18 Å². The first-order valence-electron chi connectivity index (χ1n) is 9.56. The zero-order valence-electron chi connectivity index (χ0n) is 15.6. The lowest BCUT2D eigenvalue weighted by atomic mass is 10.1. The van der Waals surface area contributed by atoms with Crippen LogP contribution in [0.5, 0.6) is 11.5 Å². The number of aromatic nitrogens is 1. The summed E-state index contributed by atoms with van der Waals surface area (Å²) in [5, 5.41) is 0.529. The summed E-state index contributed by atoms with van der Waals surface area (Å²) < 4.78 is 31.2. The Balaban J connectivity index is 1.51. The molecule has 1 fully saturated rings. The molecule has 2 aliphatic rings. The summed E-state index contributed by atoms with van der Waals surface area (Å²) in [7, 11) is 0. The van der Waals surface area contributed by atoms with Crippen LogP contribution in [0, 0.1) is 5.82 Å². The number of anilines is 1. The lowest BCUT2D eigenvalue weighted by Crippen LogP contribution is -2.37. The third kappa shape index (κ3) is 3.65. The third-order valence-corrected chi connectivity index (χ3v) is 6.06. The molecule has 2 aromatic carbocycles. The molecule has 3 aromatic rings. The Labute approximate surface area is 170 Å². The average Bonchev–Trinajstić information content (AvgIpc) is 3.40. The van der Waals surface area contributed by atoms with E-state index < -0.39 is 0 Å². The average molecular weight is 414 g/mol. The normalized spacial score (nSPS) is 18.2. The van der Waals surface area contributed by atoms with Crippen LogP contribution in [0.4, 0.5) is 9.52 Å². The summed E-state index contributed by atoms with van der Waals surface area (Å²) in [5.74, 6) is 0.674. The molecular formula is C21H19FN2O4S. The predicted molar refractivity (Wildman–Crippen MR) is 108 cm³/mol. The molecule has 8 heteroatoms. The van der Waals surface area contributed by atoms with E-state index in [1.165, 1.54) is 23.5 Å². The molecule has 0 aliphatic carbocycles. The second kappa shape index (κ2) is 7.61. The van der Waals surface area contributed by atoms with Crippen LogP contribution in [-0.4, -0.2) is 43.4 Å². The minimum Gasteiger partial charge on any atom is -0.486 e. The van der Waals surface area contributed by atoms with E-state index in [0.29, 0.717) is 58.8 Å². The van der Waals surface area contributed by atoms with Gasteiger partial charge >= 0.3 is 0 Å². The number of amides is 1. The molecule has 29 heavy (non-hydrogen) atoms. The molecule has 1 aromatic heterocycles. The third-order valence-electron chi connectivity index (χ3n) is 5.01. The minimum atomic E-state index is -0.323. The van der Waals surface area contributed by atoms with Crippen LogP contribution in [0.25, 0.3) is 10.2 Å². The van der Waals surface area contributed by atoms with Gasteiger partial charge in [0, 0.05) is 12.2 Å². The Hall–Kier alpha value is -2.71. The van der Waals surface area contributed by atoms with Crippen LogP contribution in [-0.2, 0) is 4.74 Å². The standard InChI is InChI=1S/C21H19FN2O4S/c22-14-4-5-16-19(11-14)29-21(23-16)24(12-15-2-1-7-26-15)20(25)13-3-6-17-18(10-13)28-9-8-27-17/h3-6,10-11,15H,1-2,7-9,12H2. The first-order chi connectivity index (χ1) is 14.2. The van der Waals surface area contributed by atoms with Gasteiger partial charge in [-0.1, -0.05) is 11.3 Å². The second-order valence-electron chi connectivity index (χ2n) is 7.02. The maximum atomic E-state index is 13.6. The number of thiazole rings is 1. The van der Waals surface area contributed by atoms with Crippen molar-refractivity contribution in [2.24, 2.45) is 0 Å². The number of halogens is 1. The molecule has 0 spiro atoms. The lowest BCUT2D eigenvalue weighted by Gasteiger charge is -2.24. The Morgan fingerprint density at radius 2 is 2.00 bits per heavy atom. The number of ether oxygens (including phenoxy) is 3. The van der Waals surface area contributed by atoms with Gasteiger partial charge in [0.2, 0.25) is 0 Å². The Morgan fingerprint density at radius 3 is 2.83 bits per heavy atom. The molecule has 0 radical (unpaired) electrons. The van der Waals surface area contributed by atoms with Gasteiger partial charge in [0.15, 0.2) is 16.6 Å². The van der Waals surface area contributed by atoms with Crippen molar-refractivity contribution in [3.8, 4) is 11.5 Å². The van der Waals surface area contributed by atoms with Gasteiger partial charge in [0.05, 0.1) is 22.9 Å². The van der Waals surface area contributed by atoms with Gasteiger partial charge in [0.1, 0.15) is 19.0 Å². The van der Waals surface area contributed by atoms with E-state index in [1.54, 1.807) is 29.2 Å². The van der Waals surface area contributed by atoms with Crippen LogP contribution in [0.3, 0.4) is 0 Å². The van der Waals surface area contributed by atoms with Gasteiger partial charge < -0.3 is 14.2 Å². The van der Waals surface area contributed by atoms with E-state index in [4.69, 9.17) is 14.2 Å². The van der Waals surface area contributed by atoms with Gasteiger partial charge in [0.25, 0.3) is 5.91 Å². The van der Waals surface area contributed by atoms with Gasteiger partial charge in [-0.25, -0.2) is 9.37 Å². The highest BCUT2D eigenvalue weighted by molar-refractivity contribution is 7.22. The van der Waals surface area contributed by atoms with Crippen molar-refractivity contribution in [2.45, 2.75) is 18.9 Å². The summed E-state index contributed by atoms with van der Waals surface area (Å²) >= 11 is 1.30. The SMILES string of the molecule is O=C(c1ccc2c(c1)OCCO2)N(CC1CCCO1)c1nc2ccc(F)cc2s1. The molecule has 1 unspecified atom stereocenters. The molecule has 0 N–H and O–H groups in total. The van der Waals surface area contributed by atoms with Crippen molar-refractivity contribution in [2.75, 3.05) is 31.3 Å². The number of carbonyl (C=O) groups excluding carboxylic acids is 1. The van der Waals surface area contributed by atoms with Crippen LogP contribution >= 0.6 is 11.3 Å². The van der Waals surface area contributed by atoms with Crippen LogP contribution in [0.15, 0.2) is 36.4 Å². The monoisotopic (exact) mass is 414 g/mol. The fourth-order valence-corrected chi connectivity index (χ4v) is 4.57. The molecule has 1 amide bonds. The van der Waals surface area contributed by atoms with E-state index in [-0.39, 0.29) is 17.8 Å². The second-order valence-corrected chi connectivity index (χ2v) is 8.03. The van der Waals surface area contributed by atoms with Gasteiger partial charge in [-0.2, -0.15) is 0 Å². The van der Waals surface area contributed by atoms with E-state index in [2.05, 4.69) is 4.98 Å². The quantitative estimate of drug-likeness (QED) is 0.645. The fourth-order valence-electron chi connectivity index (χ4n) is 3.57. The number of fused-ring (bicyclic) bond motifs is 2. The highest BCUT2D eigenvalue weighted by atomic mass is 32.1. The lowest BCUT2D eigenvalue weighted by molar-refractivity contribution is 0.0916. The highest BCUT2D eigenvalue weighted by Gasteiger charge is 2.28. The number of hydrogen-bond acceptors (Lipinski definition) is 6. The maximum Gasteiger partial charge on any atom is 0.260 e.